The van der Waals surface area contributed by atoms with E-state index in [0.29, 0.717) is 14.8 Å². The Morgan fingerprint density at radius 3 is 2.77 bits per heavy atom. The van der Waals surface area contributed by atoms with E-state index in [1.54, 1.807) is 18.2 Å². The van der Waals surface area contributed by atoms with Gasteiger partial charge in [-0.1, -0.05) is 0 Å². The minimum absolute atomic E-state index is 0.0995. The van der Waals surface area contributed by atoms with E-state index in [-0.39, 0.29) is 16.9 Å². The van der Waals surface area contributed by atoms with E-state index in [2.05, 4.69) is 5.10 Å². The number of hydrogen-bond acceptors (Lipinski definition) is 4. The zero-order valence-corrected chi connectivity index (χ0v) is 13.5. The number of rotatable bonds is 2. The second-order valence-electron chi connectivity index (χ2n) is 4.61. The average Bonchev–Trinajstić information content (AvgIpc) is 2.75. The number of phenols is 1. The predicted octanol–water partition coefficient (Wildman–Crippen LogP) is 3.40. The van der Waals surface area contributed by atoms with E-state index in [9.17, 15) is 14.3 Å². The van der Waals surface area contributed by atoms with Crippen molar-refractivity contribution >= 4 is 39.5 Å². The van der Waals surface area contributed by atoms with Crippen molar-refractivity contribution in [2.45, 2.75) is 6.92 Å². The molecule has 1 heterocycles. The first-order valence-electron chi connectivity index (χ1n) is 6.31. The summed E-state index contributed by atoms with van der Waals surface area (Å²) >= 11 is 2.00. The number of carbonyl (C=O) groups is 1. The molecule has 22 heavy (non-hydrogen) atoms. The van der Waals surface area contributed by atoms with E-state index in [4.69, 9.17) is 4.74 Å². The van der Waals surface area contributed by atoms with Gasteiger partial charge in [-0.25, -0.2) is 4.68 Å². The quantitative estimate of drug-likeness (QED) is 0.398. The summed E-state index contributed by atoms with van der Waals surface area (Å²) in [6.07, 6.45) is 0. The van der Waals surface area contributed by atoms with Gasteiger partial charge in [0.05, 0.1) is 16.6 Å². The number of ether oxygens (including phenoxy) is 1. The number of hydrogen-bond donors (Lipinski definition) is 1. The Kier molecular flexibility index (Phi) is 3.73. The van der Waals surface area contributed by atoms with Crippen LogP contribution in [0.3, 0.4) is 0 Å². The van der Waals surface area contributed by atoms with Gasteiger partial charge in [0.15, 0.2) is 0 Å². The maximum Gasteiger partial charge on any atom is 0.308 e. The first-order chi connectivity index (χ1) is 10.5. The van der Waals surface area contributed by atoms with Gasteiger partial charge >= 0.3 is 5.97 Å². The average molecular weight is 412 g/mol. The Hall–Kier alpha value is -2.16. The van der Waals surface area contributed by atoms with Crippen LogP contribution in [0.15, 0.2) is 36.4 Å². The Bertz CT molecular complexity index is 892. The third-order valence-corrected chi connectivity index (χ3v) is 3.87. The van der Waals surface area contributed by atoms with Gasteiger partial charge in [-0.15, -0.1) is 0 Å². The maximum absolute atomic E-state index is 14.6. The highest BCUT2D eigenvalue weighted by molar-refractivity contribution is 14.1. The topological polar surface area (TPSA) is 64.3 Å². The number of carbonyl (C=O) groups excluding carboxylic acids is 1. The van der Waals surface area contributed by atoms with Crippen LogP contribution in [0.1, 0.15) is 6.92 Å². The first-order valence-corrected chi connectivity index (χ1v) is 7.39. The van der Waals surface area contributed by atoms with Gasteiger partial charge < -0.3 is 9.84 Å². The van der Waals surface area contributed by atoms with E-state index >= 15 is 0 Å². The minimum Gasteiger partial charge on any atom is -0.508 e. The van der Waals surface area contributed by atoms with Crippen molar-refractivity contribution in [2.24, 2.45) is 0 Å². The summed E-state index contributed by atoms with van der Waals surface area (Å²) in [6.45, 7) is 1.28. The monoisotopic (exact) mass is 412 g/mol. The fourth-order valence-corrected chi connectivity index (χ4v) is 2.82. The van der Waals surface area contributed by atoms with Crippen LogP contribution in [0.25, 0.3) is 16.6 Å². The number of phenolic OH excluding ortho intramolecular Hbond substituents is 1. The van der Waals surface area contributed by atoms with Gasteiger partial charge in [-0.05, 0) is 59.0 Å². The molecule has 0 unspecified atom stereocenters. The Morgan fingerprint density at radius 1 is 1.32 bits per heavy atom. The van der Waals surface area contributed by atoms with Gasteiger partial charge in [-0.2, -0.15) is 9.49 Å². The van der Waals surface area contributed by atoms with Gasteiger partial charge in [-0.3, -0.25) is 4.79 Å². The van der Waals surface area contributed by atoms with Crippen molar-refractivity contribution in [1.29, 1.82) is 0 Å². The number of halogens is 2. The van der Waals surface area contributed by atoms with Gasteiger partial charge in [0, 0.05) is 10.5 Å². The van der Waals surface area contributed by atoms with E-state index in [0.717, 1.165) is 4.68 Å². The lowest BCUT2D eigenvalue weighted by Crippen LogP contribution is -2.01. The fourth-order valence-electron chi connectivity index (χ4n) is 2.09. The molecule has 1 aromatic heterocycles. The molecule has 112 valence electrons. The Labute approximate surface area is 138 Å². The SMILES string of the molecule is CC(=O)Oc1ccc2nn(-c3ccc(O)cc3I)c(F)c2c1. The molecule has 0 radical (unpaired) electrons. The first kappa shape index (κ1) is 14.8. The zero-order chi connectivity index (χ0) is 15.9. The van der Waals surface area contributed by atoms with Gasteiger partial charge in [0.1, 0.15) is 11.5 Å². The summed E-state index contributed by atoms with van der Waals surface area (Å²) in [6, 6.07) is 9.14. The zero-order valence-electron chi connectivity index (χ0n) is 11.4. The molecule has 1 N–H and O–H groups in total. The lowest BCUT2D eigenvalue weighted by atomic mass is 10.2. The van der Waals surface area contributed by atoms with Crippen molar-refractivity contribution in [3.8, 4) is 17.2 Å². The van der Waals surface area contributed by atoms with Crippen molar-refractivity contribution < 1.29 is 19.0 Å². The van der Waals surface area contributed by atoms with Crippen molar-refractivity contribution in [1.82, 2.24) is 9.78 Å². The normalized spacial score (nSPS) is 10.9. The molecule has 0 aliphatic rings. The van der Waals surface area contributed by atoms with Gasteiger partial charge in [0.25, 0.3) is 0 Å². The third kappa shape index (κ3) is 2.63. The van der Waals surface area contributed by atoms with Crippen LogP contribution in [-0.4, -0.2) is 20.9 Å². The second-order valence-corrected chi connectivity index (χ2v) is 5.77. The molecule has 0 spiro atoms. The van der Waals surface area contributed by atoms with Crippen molar-refractivity contribution in [3.63, 3.8) is 0 Å². The second kappa shape index (κ2) is 5.56. The van der Waals surface area contributed by atoms with E-state index in [1.165, 1.54) is 25.1 Å². The standard InChI is InChI=1S/C15H10FIN2O3/c1-8(20)22-10-3-4-13-11(7-10)15(16)19(18-13)14-5-2-9(21)6-12(14)17/h2-7,21H,1H3. The minimum atomic E-state index is -0.562. The number of aromatic hydroxyl groups is 1. The molecule has 2 aromatic carbocycles. The lowest BCUT2D eigenvalue weighted by molar-refractivity contribution is -0.131. The molecule has 7 heteroatoms. The van der Waals surface area contributed by atoms with E-state index in [1.807, 2.05) is 22.6 Å². The van der Waals surface area contributed by atoms with Crippen LogP contribution < -0.4 is 4.74 Å². The number of fused-ring (bicyclic) bond motifs is 1. The number of benzene rings is 2. The highest BCUT2D eigenvalue weighted by Gasteiger charge is 2.15. The highest BCUT2D eigenvalue weighted by Crippen LogP contribution is 2.28. The number of nitrogens with zero attached hydrogens (tertiary/aromatic N) is 2. The Balaban J connectivity index is 2.15. The maximum atomic E-state index is 14.6. The smallest absolute Gasteiger partial charge is 0.308 e. The molecule has 0 saturated carbocycles. The third-order valence-electron chi connectivity index (χ3n) is 3.00. The molecule has 3 rings (SSSR count). The summed E-state index contributed by atoms with van der Waals surface area (Å²) in [5, 5.41) is 13.9. The molecular weight excluding hydrogens is 402 g/mol. The predicted molar refractivity (Wildman–Crippen MR) is 86.7 cm³/mol. The fraction of sp³-hybridized carbons (Fsp3) is 0.0667. The van der Waals surface area contributed by atoms with Crippen LogP contribution in [0.4, 0.5) is 4.39 Å². The molecule has 5 nitrogen and oxygen atoms in total. The molecule has 3 aromatic rings. The summed E-state index contributed by atoms with van der Waals surface area (Å²) < 4.78 is 21.4. The van der Waals surface area contributed by atoms with Crippen LogP contribution >= 0.6 is 22.6 Å². The van der Waals surface area contributed by atoms with Gasteiger partial charge in [0.2, 0.25) is 5.95 Å². The van der Waals surface area contributed by atoms with Crippen LogP contribution in [0.2, 0.25) is 0 Å². The van der Waals surface area contributed by atoms with Crippen LogP contribution in [-0.2, 0) is 4.79 Å². The number of aromatic nitrogens is 2. The van der Waals surface area contributed by atoms with Crippen LogP contribution in [0.5, 0.6) is 11.5 Å². The summed E-state index contributed by atoms with van der Waals surface area (Å²) in [5.41, 5.74) is 0.957. The summed E-state index contributed by atoms with van der Waals surface area (Å²) in [7, 11) is 0. The molecular formula is C15H10FIN2O3. The highest BCUT2D eigenvalue weighted by atomic mass is 127. The lowest BCUT2D eigenvalue weighted by Gasteiger charge is -2.05. The van der Waals surface area contributed by atoms with Crippen LogP contribution in [0, 0.1) is 9.52 Å². The molecule has 0 fully saturated rings. The molecule has 0 amide bonds. The largest absolute Gasteiger partial charge is 0.508 e. The molecule has 0 saturated heterocycles. The summed E-state index contributed by atoms with van der Waals surface area (Å²) in [5.74, 6) is -0.672. The molecule has 0 aliphatic heterocycles. The molecule has 0 aliphatic carbocycles. The summed E-state index contributed by atoms with van der Waals surface area (Å²) in [4.78, 5) is 11.0. The number of esters is 1. The Morgan fingerprint density at radius 2 is 2.09 bits per heavy atom. The van der Waals surface area contributed by atoms with Crippen molar-refractivity contribution in [2.75, 3.05) is 0 Å². The molecule has 0 bridgehead atoms. The molecule has 0 atom stereocenters. The van der Waals surface area contributed by atoms with Crippen molar-refractivity contribution in [3.05, 3.63) is 45.9 Å². The van der Waals surface area contributed by atoms with E-state index < -0.39 is 11.9 Å².